The molecule has 0 saturated heterocycles. The highest BCUT2D eigenvalue weighted by Gasteiger charge is 2.51. The molecule has 0 spiro atoms. The number of hydrogen-bond donors (Lipinski definition) is 0. The van der Waals surface area contributed by atoms with Crippen molar-refractivity contribution >= 4 is 11.7 Å². The van der Waals surface area contributed by atoms with Crippen LogP contribution in [0.1, 0.15) is 48.9 Å². The molecule has 4 saturated carbocycles. The van der Waals surface area contributed by atoms with Crippen LogP contribution >= 0.6 is 0 Å². The molecule has 4 fully saturated rings. The summed E-state index contributed by atoms with van der Waals surface area (Å²) in [5, 5.41) is 3.54. The second kappa shape index (κ2) is 5.57. The van der Waals surface area contributed by atoms with Crippen molar-refractivity contribution in [2.75, 3.05) is 6.61 Å². The zero-order valence-corrected chi connectivity index (χ0v) is 13.1. The molecule has 4 aliphatic carbocycles. The average Bonchev–Trinajstić information content (AvgIpc) is 2.52. The molecule has 0 heterocycles. The van der Waals surface area contributed by atoms with Gasteiger partial charge >= 0.3 is 5.97 Å². The van der Waals surface area contributed by atoms with E-state index in [0.717, 1.165) is 17.8 Å². The molecule has 4 bridgehead atoms. The van der Waals surface area contributed by atoms with Crippen molar-refractivity contribution in [1.29, 1.82) is 0 Å². The standard InChI is InChI=1S/C18H21N3O2/c19-21-20-16-3-1-2-15(7-16)17(22)23-11-18-8-12-4-13(9-18)6-14(5-12)10-18/h1-3,7,12-14H,4-6,8-11H2. The van der Waals surface area contributed by atoms with Gasteiger partial charge in [-0.1, -0.05) is 17.2 Å². The molecule has 0 unspecified atom stereocenters. The van der Waals surface area contributed by atoms with Gasteiger partial charge in [-0.05, 0) is 73.9 Å². The lowest BCUT2D eigenvalue weighted by Gasteiger charge is -2.56. The highest BCUT2D eigenvalue weighted by Crippen LogP contribution is 2.60. The normalized spacial score (nSPS) is 34.0. The number of carbonyl (C=O) groups is 1. The molecule has 0 amide bonds. The van der Waals surface area contributed by atoms with E-state index in [0.29, 0.717) is 17.9 Å². The van der Waals surface area contributed by atoms with Crippen LogP contribution in [0.5, 0.6) is 0 Å². The fourth-order valence-corrected chi connectivity index (χ4v) is 5.52. The molecule has 120 valence electrons. The highest BCUT2D eigenvalue weighted by atomic mass is 16.5. The number of nitrogens with zero attached hydrogens (tertiary/aromatic N) is 3. The second-order valence-corrected chi connectivity index (χ2v) is 7.73. The van der Waals surface area contributed by atoms with Gasteiger partial charge in [0.25, 0.3) is 0 Å². The summed E-state index contributed by atoms with van der Waals surface area (Å²) >= 11 is 0. The van der Waals surface area contributed by atoms with Crippen molar-refractivity contribution in [3.63, 3.8) is 0 Å². The molecular formula is C18H21N3O2. The van der Waals surface area contributed by atoms with Crippen molar-refractivity contribution in [1.82, 2.24) is 0 Å². The van der Waals surface area contributed by atoms with E-state index in [2.05, 4.69) is 10.0 Å². The summed E-state index contributed by atoms with van der Waals surface area (Å²) < 4.78 is 5.67. The third-order valence-corrected chi connectivity index (χ3v) is 5.92. The lowest BCUT2D eigenvalue weighted by Crippen LogP contribution is -2.48. The van der Waals surface area contributed by atoms with E-state index in [4.69, 9.17) is 10.3 Å². The van der Waals surface area contributed by atoms with Crippen LogP contribution in [0, 0.1) is 23.2 Å². The largest absolute Gasteiger partial charge is 0.462 e. The molecule has 0 aliphatic heterocycles. The van der Waals surface area contributed by atoms with Crippen LogP contribution in [-0.4, -0.2) is 12.6 Å². The molecule has 0 atom stereocenters. The topological polar surface area (TPSA) is 75.1 Å². The van der Waals surface area contributed by atoms with E-state index < -0.39 is 0 Å². The minimum absolute atomic E-state index is 0.229. The maximum Gasteiger partial charge on any atom is 0.338 e. The quantitative estimate of drug-likeness (QED) is 0.339. The Bertz CT molecular complexity index is 643. The van der Waals surface area contributed by atoms with Crippen LogP contribution in [0.2, 0.25) is 0 Å². The summed E-state index contributed by atoms with van der Waals surface area (Å²) in [6.07, 6.45) is 7.85. The number of rotatable bonds is 4. The smallest absolute Gasteiger partial charge is 0.338 e. The zero-order chi connectivity index (χ0) is 15.9. The fourth-order valence-electron chi connectivity index (χ4n) is 5.52. The summed E-state index contributed by atoms with van der Waals surface area (Å²) in [7, 11) is 0. The number of carbonyl (C=O) groups excluding carboxylic acids is 1. The van der Waals surface area contributed by atoms with Crippen molar-refractivity contribution in [3.8, 4) is 0 Å². The number of benzene rings is 1. The van der Waals surface area contributed by atoms with E-state index in [1.165, 1.54) is 38.5 Å². The Labute approximate surface area is 135 Å². The Balaban J connectivity index is 1.44. The van der Waals surface area contributed by atoms with Crippen LogP contribution in [0.25, 0.3) is 10.4 Å². The van der Waals surface area contributed by atoms with E-state index in [1.54, 1.807) is 24.3 Å². The Morgan fingerprint density at radius 1 is 1.22 bits per heavy atom. The van der Waals surface area contributed by atoms with E-state index in [1.807, 2.05) is 0 Å². The monoisotopic (exact) mass is 311 g/mol. The molecule has 0 aromatic heterocycles. The molecular weight excluding hydrogens is 290 g/mol. The molecule has 4 aliphatic rings. The van der Waals surface area contributed by atoms with E-state index >= 15 is 0 Å². The molecule has 23 heavy (non-hydrogen) atoms. The Hall–Kier alpha value is -2.00. The third kappa shape index (κ3) is 2.81. The lowest BCUT2D eigenvalue weighted by molar-refractivity contribution is -0.0848. The minimum atomic E-state index is -0.310. The summed E-state index contributed by atoms with van der Waals surface area (Å²) in [6.45, 7) is 0.543. The average molecular weight is 311 g/mol. The first kappa shape index (κ1) is 14.6. The van der Waals surface area contributed by atoms with Gasteiger partial charge in [-0.25, -0.2) is 4.79 Å². The summed E-state index contributed by atoms with van der Waals surface area (Å²) in [5.41, 5.74) is 9.62. The van der Waals surface area contributed by atoms with Crippen LogP contribution in [0.3, 0.4) is 0 Å². The van der Waals surface area contributed by atoms with Gasteiger partial charge in [0.15, 0.2) is 0 Å². The highest BCUT2D eigenvalue weighted by molar-refractivity contribution is 5.90. The number of hydrogen-bond acceptors (Lipinski definition) is 3. The predicted octanol–water partition coefficient (Wildman–Crippen LogP) is 5.00. The zero-order valence-electron chi connectivity index (χ0n) is 13.1. The minimum Gasteiger partial charge on any atom is -0.462 e. The van der Waals surface area contributed by atoms with Crippen molar-refractivity contribution in [2.45, 2.75) is 38.5 Å². The molecule has 0 radical (unpaired) electrons. The summed E-state index contributed by atoms with van der Waals surface area (Å²) in [5.74, 6) is 2.26. The fraction of sp³-hybridized carbons (Fsp3) is 0.611. The molecule has 1 aromatic rings. The Morgan fingerprint density at radius 2 is 1.87 bits per heavy atom. The maximum absolute atomic E-state index is 12.3. The van der Waals surface area contributed by atoms with Gasteiger partial charge in [-0.2, -0.15) is 0 Å². The first-order chi connectivity index (χ1) is 11.2. The number of esters is 1. The first-order valence-electron chi connectivity index (χ1n) is 8.48. The Kier molecular flexibility index (Phi) is 3.53. The SMILES string of the molecule is [N-]=[N+]=Nc1cccc(C(=O)OCC23CC4CC(CC(C4)C2)C3)c1. The molecule has 1 aromatic carbocycles. The maximum atomic E-state index is 12.3. The summed E-state index contributed by atoms with van der Waals surface area (Å²) in [4.78, 5) is 15.1. The molecule has 5 nitrogen and oxygen atoms in total. The van der Waals surface area contributed by atoms with Crippen molar-refractivity contribution < 1.29 is 9.53 Å². The summed E-state index contributed by atoms with van der Waals surface area (Å²) in [6, 6.07) is 6.68. The second-order valence-electron chi connectivity index (χ2n) is 7.73. The molecule has 5 heteroatoms. The van der Waals surface area contributed by atoms with Gasteiger partial charge in [-0.15, -0.1) is 0 Å². The third-order valence-electron chi connectivity index (χ3n) is 5.92. The molecule has 0 N–H and O–H groups in total. The van der Waals surface area contributed by atoms with E-state index in [9.17, 15) is 4.79 Å². The van der Waals surface area contributed by atoms with Crippen LogP contribution in [0.4, 0.5) is 5.69 Å². The van der Waals surface area contributed by atoms with Gasteiger partial charge in [0, 0.05) is 16.0 Å². The van der Waals surface area contributed by atoms with Gasteiger partial charge in [-0.3, -0.25) is 0 Å². The lowest BCUT2D eigenvalue weighted by atomic mass is 9.50. The number of azide groups is 1. The van der Waals surface area contributed by atoms with Crippen LogP contribution in [0.15, 0.2) is 29.4 Å². The van der Waals surface area contributed by atoms with Gasteiger partial charge in [0.1, 0.15) is 0 Å². The van der Waals surface area contributed by atoms with Gasteiger partial charge < -0.3 is 4.74 Å². The first-order valence-corrected chi connectivity index (χ1v) is 8.48. The van der Waals surface area contributed by atoms with Crippen LogP contribution < -0.4 is 0 Å². The van der Waals surface area contributed by atoms with Crippen LogP contribution in [-0.2, 0) is 4.74 Å². The number of ether oxygens (including phenoxy) is 1. The van der Waals surface area contributed by atoms with Crippen molar-refractivity contribution in [2.24, 2.45) is 28.3 Å². The van der Waals surface area contributed by atoms with Crippen molar-refractivity contribution in [3.05, 3.63) is 40.3 Å². The van der Waals surface area contributed by atoms with Gasteiger partial charge in [0.2, 0.25) is 0 Å². The van der Waals surface area contributed by atoms with Gasteiger partial charge in [0.05, 0.1) is 12.2 Å². The predicted molar refractivity (Wildman–Crippen MR) is 86.1 cm³/mol. The molecule has 5 rings (SSSR count). The van der Waals surface area contributed by atoms with E-state index in [-0.39, 0.29) is 11.4 Å². The Morgan fingerprint density at radius 3 is 2.48 bits per heavy atom.